The molecule has 0 bridgehead atoms. The van der Waals surface area contributed by atoms with E-state index in [2.05, 4.69) is 9.97 Å². The zero-order valence-electron chi connectivity index (χ0n) is 8.97. The number of aromatic nitrogens is 2. The average molecular weight is 241 g/mol. The molecule has 3 aromatic rings. The van der Waals surface area contributed by atoms with E-state index in [0.29, 0.717) is 5.02 Å². The molecule has 0 spiro atoms. The largest absolute Gasteiger partial charge is 0.252 e. The van der Waals surface area contributed by atoms with E-state index in [-0.39, 0.29) is 0 Å². The molecule has 0 aliphatic heterocycles. The average Bonchev–Trinajstić information content (AvgIpc) is 2.39. The van der Waals surface area contributed by atoms with Crippen LogP contribution in [0.25, 0.3) is 22.3 Å². The third kappa shape index (κ3) is 1.99. The Hall–Kier alpha value is -1.93. The van der Waals surface area contributed by atoms with Crippen molar-refractivity contribution >= 4 is 22.6 Å². The van der Waals surface area contributed by atoms with Gasteiger partial charge in [-0.3, -0.25) is 4.98 Å². The molecule has 0 amide bonds. The van der Waals surface area contributed by atoms with Crippen molar-refractivity contribution in [3.05, 3.63) is 59.8 Å². The van der Waals surface area contributed by atoms with Gasteiger partial charge >= 0.3 is 0 Å². The first kappa shape index (κ1) is 10.2. The second-order valence-electron chi connectivity index (χ2n) is 3.75. The van der Waals surface area contributed by atoms with E-state index in [1.165, 1.54) is 0 Å². The topological polar surface area (TPSA) is 25.8 Å². The van der Waals surface area contributed by atoms with Crippen molar-refractivity contribution < 1.29 is 0 Å². The number of hydrogen-bond acceptors (Lipinski definition) is 2. The maximum atomic E-state index is 5.91. The summed E-state index contributed by atoms with van der Waals surface area (Å²) in [5.74, 6) is 0. The molecule has 0 saturated heterocycles. The predicted octanol–water partition coefficient (Wildman–Crippen LogP) is 3.95. The van der Waals surface area contributed by atoms with Gasteiger partial charge in [0.25, 0.3) is 0 Å². The molecular formula is C14H9ClN2. The van der Waals surface area contributed by atoms with E-state index in [0.717, 1.165) is 22.3 Å². The van der Waals surface area contributed by atoms with Gasteiger partial charge in [-0.05, 0) is 18.2 Å². The van der Waals surface area contributed by atoms with Crippen LogP contribution in [0.15, 0.2) is 54.7 Å². The van der Waals surface area contributed by atoms with Crippen molar-refractivity contribution in [2.75, 3.05) is 0 Å². The maximum absolute atomic E-state index is 5.91. The van der Waals surface area contributed by atoms with Gasteiger partial charge in [-0.25, -0.2) is 4.98 Å². The second kappa shape index (κ2) is 4.15. The van der Waals surface area contributed by atoms with E-state index in [1.807, 2.05) is 48.5 Å². The van der Waals surface area contributed by atoms with Gasteiger partial charge in [0.2, 0.25) is 0 Å². The van der Waals surface area contributed by atoms with Crippen molar-refractivity contribution in [2.45, 2.75) is 0 Å². The summed E-state index contributed by atoms with van der Waals surface area (Å²) in [6.07, 6.45) is 1.77. The van der Waals surface area contributed by atoms with Crippen molar-refractivity contribution in [3.8, 4) is 11.3 Å². The van der Waals surface area contributed by atoms with Crippen LogP contribution in [0.3, 0.4) is 0 Å². The molecule has 82 valence electrons. The summed E-state index contributed by atoms with van der Waals surface area (Å²) < 4.78 is 0. The fraction of sp³-hybridized carbons (Fsp3) is 0. The van der Waals surface area contributed by atoms with E-state index in [4.69, 9.17) is 11.6 Å². The van der Waals surface area contributed by atoms with Crippen LogP contribution in [0.1, 0.15) is 0 Å². The Bertz CT molecular complexity index is 665. The summed E-state index contributed by atoms with van der Waals surface area (Å²) in [6.45, 7) is 0. The minimum Gasteiger partial charge on any atom is -0.252 e. The third-order valence-corrected chi connectivity index (χ3v) is 2.81. The Kier molecular flexibility index (Phi) is 2.50. The molecule has 0 fully saturated rings. The Morgan fingerprint density at radius 2 is 1.71 bits per heavy atom. The zero-order chi connectivity index (χ0) is 11.7. The molecule has 0 saturated carbocycles. The van der Waals surface area contributed by atoms with E-state index < -0.39 is 0 Å². The molecule has 2 nitrogen and oxygen atoms in total. The van der Waals surface area contributed by atoms with Crippen LogP contribution < -0.4 is 0 Å². The fourth-order valence-corrected chi connectivity index (χ4v) is 1.90. The van der Waals surface area contributed by atoms with Gasteiger partial charge in [0, 0.05) is 10.6 Å². The third-order valence-electron chi connectivity index (χ3n) is 2.57. The Morgan fingerprint density at radius 3 is 2.53 bits per heavy atom. The lowest BCUT2D eigenvalue weighted by Crippen LogP contribution is -1.88. The molecule has 17 heavy (non-hydrogen) atoms. The monoisotopic (exact) mass is 240 g/mol. The normalized spacial score (nSPS) is 10.6. The van der Waals surface area contributed by atoms with Crippen LogP contribution in [0.4, 0.5) is 0 Å². The second-order valence-corrected chi connectivity index (χ2v) is 4.19. The summed E-state index contributed by atoms with van der Waals surface area (Å²) in [4.78, 5) is 8.94. The number of halogens is 1. The Balaban J connectivity index is 2.17. The molecule has 0 unspecified atom stereocenters. The molecule has 1 aromatic heterocycles. The number of fused-ring (bicyclic) bond motifs is 1. The van der Waals surface area contributed by atoms with Gasteiger partial charge in [0.1, 0.15) is 0 Å². The van der Waals surface area contributed by atoms with Crippen LogP contribution in [-0.2, 0) is 0 Å². The summed E-state index contributed by atoms with van der Waals surface area (Å²) in [5, 5.41) is 0.680. The Morgan fingerprint density at radius 1 is 0.882 bits per heavy atom. The summed E-state index contributed by atoms with van der Waals surface area (Å²) in [7, 11) is 0. The highest BCUT2D eigenvalue weighted by atomic mass is 35.5. The lowest BCUT2D eigenvalue weighted by molar-refractivity contribution is 1.29. The first-order valence-corrected chi connectivity index (χ1v) is 5.68. The molecule has 2 aromatic carbocycles. The highest BCUT2D eigenvalue weighted by Gasteiger charge is 2.02. The lowest BCUT2D eigenvalue weighted by atomic mass is 10.1. The first-order chi connectivity index (χ1) is 8.33. The summed E-state index contributed by atoms with van der Waals surface area (Å²) in [6, 6.07) is 15.5. The van der Waals surface area contributed by atoms with Crippen LogP contribution in [0.5, 0.6) is 0 Å². The van der Waals surface area contributed by atoms with E-state index in [1.54, 1.807) is 6.20 Å². The summed E-state index contributed by atoms with van der Waals surface area (Å²) in [5.41, 5.74) is 3.62. The minimum absolute atomic E-state index is 0.680. The molecule has 0 aliphatic rings. The predicted molar refractivity (Wildman–Crippen MR) is 70.0 cm³/mol. The van der Waals surface area contributed by atoms with Crippen LogP contribution >= 0.6 is 11.6 Å². The van der Waals surface area contributed by atoms with E-state index >= 15 is 0 Å². The van der Waals surface area contributed by atoms with Crippen LogP contribution in [0.2, 0.25) is 5.02 Å². The highest BCUT2D eigenvalue weighted by molar-refractivity contribution is 6.31. The van der Waals surface area contributed by atoms with E-state index in [9.17, 15) is 0 Å². The smallest absolute Gasteiger partial charge is 0.0902 e. The van der Waals surface area contributed by atoms with Crippen LogP contribution in [0, 0.1) is 0 Å². The van der Waals surface area contributed by atoms with Gasteiger partial charge in [0.05, 0.1) is 22.9 Å². The van der Waals surface area contributed by atoms with Crippen molar-refractivity contribution in [3.63, 3.8) is 0 Å². The molecule has 0 N–H and O–H groups in total. The molecule has 0 aliphatic carbocycles. The number of hydrogen-bond donors (Lipinski definition) is 0. The molecular weight excluding hydrogens is 232 g/mol. The number of benzene rings is 2. The van der Waals surface area contributed by atoms with Gasteiger partial charge in [-0.15, -0.1) is 0 Å². The molecule has 0 atom stereocenters. The quantitative estimate of drug-likeness (QED) is 0.644. The van der Waals surface area contributed by atoms with Gasteiger partial charge in [0.15, 0.2) is 0 Å². The van der Waals surface area contributed by atoms with Gasteiger partial charge < -0.3 is 0 Å². The van der Waals surface area contributed by atoms with Gasteiger partial charge in [-0.1, -0.05) is 41.9 Å². The standard InChI is InChI=1S/C14H9ClN2/c15-11-6-7-12-13(8-11)16-9-14(17-12)10-4-2-1-3-5-10/h1-9H. The minimum atomic E-state index is 0.680. The van der Waals surface area contributed by atoms with Crippen molar-refractivity contribution in [1.82, 2.24) is 9.97 Å². The van der Waals surface area contributed by atoms with Gasteiger partial charge in [-0.2, -0.15) is 0 Å². The number of nitrogens with zero attached hydrogens (tertiary/aromatic N) is 2. The number of rotatable bonds is 1. The lowest BCUT2D eigenvalue weighted by Gasteiger charge is -2.02. The fourth-order valence-electron chi connectivity index (χ4n) is 1.73. The first-order valence-electron chi connectivity index (χ1n) is 5.31. The van der Waals surface area contributed by atoms with Crippen molar-refractivity contribution in [2.24, 2.45) is 0 Å². The molecule has 3 heteroatoms. The maximum Gasteiger partial charge on any atom is 0.0902 e. The molecule has 3 rings (SSSR count). The highest BCUT2D eigenvalue weighted by Crippen LogP contribution is 2.20. The molecule has 0 radical (unpaired) electrons. The van der Waals surface area contributed by atoms with Crippen molar-refractivity contribution in [1.29, 1.82) is 0 Å². The SMILES string of the molecule is Clc1ccc2nc(-c3ccccc3)cnc2c1. The van der Waals surface area contributed by atoms with Crippen LogP contribution in [-0.4, -0.2) is 9.97 Å². The Labute approximate surface area is 104 Å². The molecule has 1 heterocycles. The summed E-state index contributed by atoms with van der Waals surface area (Å²) >= 11 is 5.91. The zero-order valence-corrected chi connectivity index (χ0v) is 9.72.